The average Bonchev–Trinajstić information content (AvgIpc) is 3.17. The lowest BCUT2D eigenvalue weighted by Crippen LogP contribution is -2.09. The normalized spacial score (nSPS) is 13.9. The number of aromatic hydroxyl groups is 1. The summed E-state index contributed by atoms with van der Waals surface area (Å²) in [5, 5.41) is 12.4. The van der Waals surface area contributed by atoms with Crippen molar-refractivity contribution in [1.82, 2.24) is 9.97 Å². The number of fused-ring (bicyclic) bond motifs is 2. The molecule has 0 radical (unpaired) electrons. The van der Waals surface area contributed by atoms with E-state index in [4.69, 9.17) is 0 Å². The molecule has 0 aliphatic carbocycles. The van der Waals surface area contributed by atoms with Crippen molar-refractivity contribution >= 4 is 26.5 Å². The average molecular weight is 512 g/mol. The van der Waals surface area contributed by atoms with Gasteiger partial charge in [0.1, 0.15) is 22.1 Å². The van der Waals surface area contributed by atoms with E-state index in [1.165, 1.54) is 24.3 Å². The minimum Gasteiger partial charge on any atom is -0.505 e. The third kappa shape index (κ3) is 3.89. The first-order chi connectivity index (χ1) is 17.8. The predicted octanol–water partition coefficient (Wildman–Crippen LogP) is 4.57. The fourth-order valence-corrected chi connectivity index (χ4v) is 6.03. The van der Waals surface area contributed by atoms with Crippen LogP contribution in [0.3, 0.4) is 0 Å². The molecule has 5 aromatic rings. The molecule has 0 fully saturated rings. The highest BCUT2D eigenvalue weighted by molar-refractivity contribution is 7.91. The number of H-pyrrole nitrogens is 1. The maximum atomic E-state index is 13.4. The molecule has 6 rings (SSSR count). The van der Waals surface area contributed by atoms with Crippen molar-refractivity contribution in [2.24, 2.45) is 4.40 Å². The van der Waals surface area contributed by atoms with Crippen LogP contribution >= 0.6 is 0 Å². The van der Waals surface area contributed by atoms with E-state index in [0.717, 1.165) is 5.56 Å². The van der Waals surface area contributed by atoms with Crippen molar-refractivity contribution in [3.63, 3.8) is 0 Å². The zero-order chi connectivity index (χ0) is 25.7. The Morgan fingerprint density at radius 2 is 1.54 bits per heavy atom. The lowest BCUT2D eigenvalue weighted by Gasteiger charge is -2.13. The number of nitrogens with zero attached hydrogens (tertiary/aromatic N) is 2. The third-order valence-electron chi connectivity index (χ3n) is 6.27. The standard InChI is InChI=1S/C28H18FN3O4S/c29-17-13-11-16(12-14-17)15-23-18-5-1-2-6-19(18)27(34)26(31-23)25-21-8-3-7-20(28(21)37(35,36)32-25)22-9-4-10-24(33)30-22/h1-14,34H,15H2,(H,30,33). The van der Waals surface area contributed by atoms with Gasteiger partial charge in [-0.05, 0) is 23.8 Å². The van der Waals surface area contributed by atoms with Gasteiger partial charge in [0, 0.05) is 40.1 Å². The summed E-state index contributed by atoms with van der Waals surface area (Å²) in [6.45, 7) is 0. The maximum Gasteiger partial charge on any atom is 0.284 e. The van der Waals surface area contributed by atoms with Crippen LogP contribution in [0, 0.1) is 5.82 Å². The molecule has 0 bridgehead atoms. The number of hydrogen-bond donors (Lipinski definition) is 2. The second kappa shape index (κ2) is 8.49. The van der Waals surface area contributed by atoms with Gasteiger partial charge in [-0.25, -0.2) is 9.37 Å². The molecule has 37 heavy (non-hydrogen) atoms. The zero-order valence-corrected chi connectivity index (χ0v) is 20.0. The largest absolute Gasteiger partial charge is 0.505 e. The van der Waals surface area contributed by atoms with Gasteiger partial charge in [0.05, 0.1) is 5.69 Å². The number of benzene rings is 3. The van der Waals surface area contributed by atoms with Crippen LogP contribution < -0.4 is 5.56 Å². The zero-order valence-electron chi connectivity index (χ0n) is 19.1. The summed E-state index contributed by atoms with van der Waals surface area (Å²) in [4.78, 5) is 19.2. The molecule has 2 N–H and O–H groups in total. The minimum atomic E-state index is -4.17. The van der Waals surface area contributed by atoms with Crippen LogP contribution in [0.25, 0.3) is 22.0 Å². The van der Waals surface area contributed by atoms with E-state index in [1.807, 2.05) is 12.1 Å². The highest BCUT2D eigenvalue weighted by Gasteiger charge is 2.35. The molecule has 0 saturated heterocycles. The van der Waals surface area contributed by atoms with Crippen LogP contribution in [0.1, 0.15) is 22.5 Å². The van der Waals surface area contributed by atoms with Gasteiger partial charge in [-0.2, -0.15) is 12.8 Å². The Balaban J connectivity index is 1.57. The van der Waals surface area contributed by atoms with Crippen LogP contribution in [0.2, 0.25) is 0 Å². The summed E-state index contributed by atoms with van der Waals surface area (Å²) < 4.78 is 44.0. The number of aromatic nitrogens is 2. The quantitative estimate of drug-likeness (QED) is 0.367. The summed E-state index contributed by atoms with van der Waals surface area (Å²) in [6.07, 6.45) is 0.326. The monoisotopic (exact) mass is 511 g/mol. The van der Waals surface area contributed by atoms with Crippen molar-refractivity contribution in [2.75, 3.05) is 0 Å². The van der Waals surface area contributed by atoms with Crippen molar-refractivity contribution in [2.45, 2.75) is 11.3 Å². The number of rotatable bonds is 4. The second-order valence-corrected chi connectivity index (χ2v) is 10.2. The molecule has 0 atom stereocenters. The number of aromatic amines is 1. The van der Waals surface area contributed by atoms with Gasteiger partial charge >= 0.3 is 0 Å². The number of halogens is 1. The van der Waals surface area contributed by atoms with Crippen molar-refractivity contribution < 1.29 is 17.9 Å². The molecule has 0 spiro atoms. The maximum absolute atomic E-state index is 13.4. The Morgan fingerprint density at radius 3 is 2.30 bits per heavy atom. The Hall–Kier alpha value is -4.63. The van der Waals surface area contributed by atoms with Gasteiger partial charge in [0.15, 0.2) is 5.75 Å². The first-order valence-corrected chi connectivity index (χ1v) is 12.8. The van der Waals surface area contributed by atoms with Gasteiger partial charge in [0.2, 0.25) is 5.56 Å². The number of pyridine rings is 2. The molecule has 0 amide bonds. The van der Waals surface area contributed by atoms with Crippen molar-refractivity contribution in [1.29, 1.82) is 0 Å². The van der Waals surface area contributed by atoms with E-state index >= 15 is 0 Å². The molecular weight excluding hydrogens is 493 g/mol. The number of sulfonamides is 1. The van der Waals surface area contributed by atoms with E-state index in [9.17, 15) is 22.7 Å². The molecule has 1 aliphatic rings. The minimum absolute atomic E-state index is 0.0127. The molecular formula is C28H18FN3O4S. The molecule has 3 heterocycles. The van der Waals surface area contributed by atoms with Gasteiger partial charge in [-0.15, -0.1) is 0 Å². The summed E-state index contributed by atoms with van der Waals surface area (Å²) in [5.41, 5.74) is 1.94. The van der Waals surface area contributed by atoms with E-state index in [1.54, 1.807) is 48.5 Å². The summed E-state index contributed by atoms with van der Waals surface area (Å²) in [7, 11) is -4.17. The molecule has 2 aromatic heterocycles. The Labute approximate surface area is 210 Å². The topological polar surface area (TPSA) is 112 Å². The van der Waals surface area contributed by atoms with Gasteiger partial charge < -0.3 is 10.1 Å². The fraction of sp³-hybridized carbons (Fsp3) is 0.0357. The van der Waals surface area contributed by atoms with Crippen LogP contribution in [-0.4, -0.2) is 29.2 Å². The molecule has 1 aliphatic heterocycles. The van der Waals surface area contributed by atoms with Crippen molar-refractivity contribution in [3.05, 3.63) is 124 Å². The molecule has 3 aromatic carbocycles. The fourth-order valence-electron chi connectivity index (χ4n) is 4.62. The first kappa shape index (κ1) is 22.8. The Morgan fingerprint density at radius 1 is 0.838 bits per heavy atom. The summed E-state index contributed by atoms with van der Waals surface area (Å²) in [6, 6.07) is 22.5. The lowest BCUT2D eigenvalue weighted by atomic mass is 9.97. The Kier molecular flexibility index (Phi) is 5.24. The molecule has 9 heteroatoms. The SMILES string of the molecule is O=c1cccc(-c2cccc3c2S(=O)(=O)N=C3c2nc(Cc3ccc(F)cc3)c3ccccc3c2O)[nH]1. The van der Waals surface area contributed by atoms with E-state index < -0.39 is 10.0 Å². The lowest BCUT2D eigenvalue weighted by molar-refractivity contribution is 0.477. The van der Waals surface area contributed by atoms with Crippen LogP contribution in [0.4, 0.5) is 4.39 Å². The molecule has 7 nitrogen and oxygen atoms in total. The molecule has 182 valence electrons. The second-order valence-electron chi connectivity index (χ2n) is 8.63. The summed E-state index contributed by atoms with van der Waals surface area (Å²) in [5.74, 6) is -0.551. The molecule has 0 saturated carbocycles. The highest BCUT2D eigenvalue weighted by Crippen LogP contribution is 2.39. The molecule has 0 unspecified atom stereocenters. The van der Waals surface area contributed by atoms with E-state index in [-0.39, 0.29) is 39.0 Å². The van der Waals surface area contributed by atoms with Gasteiger partial charge in [-0.1, -0.05) is 60.7 Å². The predicted molar refractivity (Wildman–Crippen MR) is 138 cm³/mol. The van der Waals surface area contributed by atoms with Crippen LogP contribution in [0.15, 0.2) is 99.0 Å². The highest BCUT2D eigenvalue weighted by atomic mass is 32.2. The van der Waals surface area contributed by atoms with Crippen molar-refractivity contribution in [3.8, 4) is 17.0 Å². The number of nitrogens with one attached hydrogen (secondary N) is 1. The first-order valence-electron chi connectivity index (χ1n) is 11.4. The third-order valence-corrected chi connectivity index (χ3v) is 7.65. The number of hydrogen-bond acceptors (Lipinski definition) is 5. The van der Waals surface area contributed by atoms with Gasteiger partial charge in [0.25, 0.3) is 10.0 Å². The van der Waals surface area contributed by atoms with Crippen LogP contribution in [0.5, 0.6) is 5.75 Å². The Bertz CT molecular complexity index is 1910. The van der Waals surface area contributed by atoms with E-state index in [0.29, 0.717) is 34.1 Å². The summed E-state index contributed by atoms with van der Waals surface area (Å²) >= 11 is 0. The van der Waals surface area contributed by atoms with E-state index in [2.05, 4.69) is 14.4 Å². The smallest absolute Gasteiger partial charge is 0.284 e. The van der Waals surface area contributed by atoms with Gasteiger partial charge in [-0.3, -0.25) is 4.79 Å². The van der Waals surface area contributed by atoms with Crippen LogP contribution in [-0.2, 0) is 16.4 Å².